The predicted octanol–water partition coefficient (Wildman–Crippen LogP) is 2.83. The van der Waals surface area contributed by atoms with Gasteiger partial charge in [-0.15, -0.1) is 35.3 Å². The number of rotatable bonds is 6. The number of guanidine groups is 1. The number of halogens is 4. The maximum Gasteiger partial charge on any atom is 0.434 e. The summed E-state index contributed by atoms with van der Waals surface area (Å²) < 4.78 is 37.9. The first-order chi connectivity index (χ1) is 14.4. The largest absolute Gasteiger partial charge is 0.434 e. The number of pyridine rings is 1. The lowest BCUT2D eigenvalue weighted by Crippen LogP contribution is -2.45. The van der Waals surface area contributed by atoms with Crippen LogP contribution in [0.5, 0.6) is 0 Å². The van der Waals surface area contributed by atoms with Gasteiger partial charge in [-0.2, -0.15) is 13.2 Å². The lowest BCUT2D eigenvalue weighted by atomic mass is 10.2. The third kappa shape index (κ3) is 7.45. The first-order valence-electron chi connectivity index (χ1n) is 9.70. The van der Waals surface area contributed by atoms with E-state index < -0.39 is 11.9 Å². The second kappa shape index (κ2) is 11.8. The molecule has 0 bridgehead atoms. The van der Waals surface area contributed by atoms with Crippen molar-refractivity contribution >= 4 is 47.1 Å². The number of hydrogen-bond donors (Lipinski definition) is 2. The van der Waals surface area contributed by atoms with E-state index in [1.807, 2.05) is 12.1 Å². The zero-order valence-corrected chi connectivity index (χ0v) is 20.6. The van der Waals surface area contributed by atoms with Crippen LogP contribution in [0, 0.1) is 0 Å². The van der Waals surface area contributed by atoms with Crippen molar-refractivity contribution in [2.45, 2.75) is 19.1 Å². The Kier molecular flexibility index (Phi) is 9.75. The molecule has 0 amide bonds. The van der Waals surface area contributed by atoms with Crippen LogP contribution in [-0.4, -0.2) is 67.6 Å². The molecule has 12 heteroatoms. The molecular weight excluding hydrogens is 542 g/mol. The smallest absolute Gasteiger partial charge is 0.356 e. The van der Waals surface area contributed by atoms with Crippen LogP contribution in [-0.2, 0) is 19.1 Å². The summed E-state index contributed by atoms with van der Waals surface area (Å²) in [7, 11) is 3.77. The standard InChI is InChI=1S/C19H26F3N7S.HI/c1-23-18(25-7-5-16-27-15(13-30-16)19(20,21)22)26-12-14-4-3-6-24-17(14)29-10-8-28(2)9-11-29;/h3-4,6,13H,5,7-12H2,1-2H3,(H2,23,25,26);1H. The number of nitrogens with zero attached hydrogens (tertiary/aromatic N) is 5. The number of piperazine rings is 1. The fourth-order valence-corrected chi connectivity index (χ4v) is 3.92. The minimum Gasteiger partial charge on any atom is -0.356 e. The Morgan fingerprint density at radius 3 is 2.61 bits per heavy atom. The Bertz CT molecular complexity index is 851. The Hall–Kier alpha value is -1.67. The van der Waals surface area contributed by atoms with Gasteiger partial charge in [0.1, 0.15) is 5.82 Å². The van der Waals surface area contributed by atoms with E-state index in [0.29, 0.717) is 30.5 Å². The van der Waals surface area contributed by atoms with Gasteiger partial charge in [0.25, 0.3) is 0 Å². The summed E-state index contributed by atoms with van der Waals surface area (Å²) in [4.78, 5) is 17.0. The minimum absolute atomic E-state index is 0. The van der Waals surface area contributed by atoms with Crippen LogP contribution in [0.15, 0.2) is 28.7 Å². The molecule has 2 N–H and O–H groups in total. The summed E-state index contributed by atoms with van der Waals surface area (Å²) in [6.45, 7) is 4.84. The van der Waals surface area contributed by atoms with E-state index in [0.717, 1.165) is 54.3 Å². The topological polar surface area (TPSA) is 68.7 Å². The van der Waals surface area contributed by atoms with Gasteiger partial charge in [-0.25, -0.2) is 9.97 Å². The van der Waals surface area contributed by atoms with Crippen molar-refractivity contribution in [3.05, 3.63) is 40.0 Å². The number of likely N-dealkylation sites (N-methyl/N-ethyl adjacent to an activating group) is 1. The van der Waals surface area contributed by atoms with Gasteiger partial charge in [-0.3, -0.25) is 4.99 Å². The van der Waals surface area contributed by atoms with Gasteiger partial charge in [0.15, 0.2) is 11.7 Å². The van der Waals surface area contributed by atoms with Crippen LogP contribution < -0.4 is 15.5 Å². The maximum atomic E-state index is 12.6. The van der Waals surface area contributed by atoms with Gasteiger partial charge in [-0.05, 0) is 13.1 Å². The monoisotopic (exact) mass is 569 g/mol. The van der Waals surface area contributed by atoms with Crippen molar-refractivity contribution in [1.82, 2.24) is 25.5 Å². The molecule has 3 rings (SSSR count). The summed E-state index contributed by atoms with van der Waals surface area (Å²) in [6.07, 6.45) is -2.21. The van der Waals surface area contributed by atoms with Crippen molar-refractivity contribution in [1.29, 1.82) is 0 Å². The quantitative estimate of drug-likeness (QED) is 0.317. The van der Waals surface area contributed by atoms with Gasteiger partial charge in [0, 0.05) is 69.9 Å². The van der Waals surface area contributed by atoms with Crippen molar-refractivity contribution < 1.29 is 13.2 Å². The zero-order valence-electron chi connectivity index (χ0n) is 17.4. The summed E-state index contributed by atoms with van der Waals surface area (Å²) in [6, 6.07) is 3.95. The number of nitrogens with one attached hydrogen (secondary N) is 2. The van der Waals surface area contributed by atoms with Crippen LogP contribution in [0.25, 0.3) is 0 Å². The summed E-state index contributed by atoms with van der Waals surface area (Å²) in [5, 5.41) is 7.87. The van der Waals surface area contributed by atoms with E-state index in [1.165, 1.54) is 0 Å². The van der Waals surface area contributed by atoms with Crippen molar-refractivity contribution in [3.8, 4) is 0 Å². The number of anilines is 1. The number of aromatic nitrogens is 2. The van der Waals surface area contributed by atoms with Crippen LogP contribution in [0.2, 0.25) is 0 Å². The summed E-state index contributed by atoms with van der Waals surface area (Å²) in [5.74, 6) is 1.55. The number of alkyl halides is 3. The molecule has 2 aromatic rings. The van der Waals surface area contributed by atoms with E-state index in [-0.39, 0.29) is 24.0 Å². The SMILES string of the molecule is CN=C(NCCc1nc(C(F)(F)F)cs1)NCc1cccnc1N1CCN(C)CC1.I. The van der Waals surface area contributed by atoms with Gasteiger partial charge in [0.2, 0.25) is 0 Å². The van der Waals surface area contributed by atoms with E-state index in [1.54, 1.807) is 13.2 Å². The molecule has 172 valence electrons. The number of thiazole rings is 1. The van der Waals surface area contributed by atoms with Crippen LogP contribution >= 0.6 is 35.3 Å². The maximum absolute atomic E-state index is 12.6. The average molecular weight is 569 g/mol. The zero-order chi connectivity index (χ0) is 21.6. The molecule has 0 unspecified atom stereocenters. The Morgan fingerprint density at radius 2 is 1.97 bits per heavy atom. The fraction of sp³-hybridized carbons (Fsp3) is 0.526. The van der Waals surface area contributed by atoms with Crippen molar-refractivity contribution in [2.75, 3.05) is 51.7 Å². The molecule has 0 aliphatic carbocycles. The Morgan fingerprint density at radius 1 is 1.23 bits per heavy atom. The molecule has 0 radical (unpaired) electrons. The lowest BCUT2D eigenvalue weighted by Gasteiger charge is -2.34. The van der Waals surface area contributed by atoms with Crippen LogP contribution in [0.4, 0.5) is 19.0 Å². The highest BCUT2D eigenvalue weighted by Gasteiger charge is 2.33. The highest BCUT2D eigenvalue weighted by Crippen LogP contribution is 2.30. The third-order valence-corrected chi connectivity index (χ3v) is 5.72. The Labute approximate surface area is 201 Å². The van der Waals surface area contributed by atoms with E-state index >= 15 is 0 Å². The van der Waals surface area contributed by atoms with E-state index in [4.69, 9.17) is 0 Å². The summed E-state index contributed by atoms with van der Waals surface area (Å²) >= 11 is 1.02. The normalized spacial score (nSPS) is 15.5. The van der Waals surface area contributed by atoms with E-state index in [9.17, 15) is 13.2 Å². The predicted molar refractivity (Wildman–Crippen MR) is 128 cm³/mol. The molecule has 2 aromatic heterocycles. The third-order valence-electron chi connectivity index (χ3n) is 4.81. The summed E-state index contributed by atoms with van der Waals surface area (Å²) in [5.41, 5.74) is 0.234. The van der Waals surface area contributed by atoms with Crippen LogP contribution in [0.3, 0.4) is 0 Å². The Balaban J connectivity index is 0.00000341. The molecule has 7 nitrogen and oxygen atoms in total. The molecule has 3 heterocycles. The second-order valence-corrected chi connectivity index (χ2v) is 7.95. The number of aliphatic imine (C=N–C) groups is 1. The lowest BCUT2D eigenvalue weighted by molar-refractivity contribution is -0.140. The van der Waals surface area contributed by atoms with Crippen LogP contribution in [0.1, 0.15) is 16.3 Å². The molecule has 1 saturated heterocycles. The highest BCUT2D eigenvalue weighted by molar-refractivity contribution is 14.0. The molecule has 1 aliphatic heterocycles. The van der Waals surface area contributed by atoms with Gasteiger partial charge < -0.3 is 20.4 Å². The molecule has 0 saturated carbocycles. The van der Waals surface area contributed by atoms with Gasteiger partial charge in [-0.1, -0.05) is 6.07 Å². The van der Waals surface area contributed by atoms with Crippen molar-refractivity contribution in [3.63, 3.8) is 0 Å². The fourth-order valence-electron chi connectivity index (χ4n) is 3.11. The first kappa shape index (κ1) is 25.6. The molecule has 1 fully saturated rings. The van der Waals surface area contributed by atoms with Gasteiger partial charge >= 0.3 is 6.18 Å². The minimum atomic E-state index is -4.40. The second-order valence-electron chi connectivity index (χ2n) is 7.00. The van der Waals surface area contributed by atoms with Crippen molar-refractivity contribution in [2.24, 2.45) is 4.99 Å². The van der Waals surface area contributed by atoms with E-state index in [2.05, 4.69) is 42.4 Å². The molecule has 31 heavy (non-hydrogen) atoms. The molecule has 0 spiro atoms. The highest BCUT2D eigenvalue weighted by atomic mass is 127. The van der Waals surface area contributed by atoms with Gasteiger partial charge in [0.05, 0.1) is 5.01 Å². The number of hydrogen-bond acceptors (Lipinski definition) is 6. The first-order valence-corrected chi connectivity index (χ1v) is 10.6. The molecule has 0 atom stereocenters. The molecular formula is C19H27F3IN7S. The molecule has 1 aliphatic rings. The average Bonchev–Trinajstić information content (AvgIpc) is 3.21. The molecule has 0 aromatic carbocycles.